The number of carbonyl (C=O) groups excluding carboxylic acids is 1. The van der Waals surface area contributed by atoms with Crippen molar-refractivity contribution in [3.05, 3.63) is 28.2 Å². The second-order valence-electron chi connectivity index (χ2n) is 6.78. The number of benzene rings is 1. The van der Waals surface area contributed by atoms with Crippen molar-refractivity contribution >= 4 is 21.8 Å². The van der Waals surface area contributed by atoms with Crippen LogP contribution in [0.3, 0.4) is 0 Å². The molecule has 0 radical (unpaired) electrons. The first kappa shape index (κ1) is 18.0. The minimum atomic E-state index is -0.0944. The fourth-order valence-electron chi connectivity index (χ4n) is 1.69. The molecule has 1 N–H and O–H groups in total. The van der Waals surface area contributed by atoms with Crippen molar-refractivity contribution in [3.8, 4) is 5.75 Å². The Morgan fingerprint density at radius 2 is 1.90 bits per heavy atom. The van der Waals surface area contributed by atoms with Crippen LogP contribution < -0.4 is 10.1 Å². The van der Waals surface area contributed by atoms with E-state index in [0.717, 1.165) is 4.47 Å². The number of hydrogen-bond donors (Lipinski definition) is 1. The summed E-state index contributed by atoms with van der Waals surface area (Å²) < 4.78 is 6.46. The van der Waals surface area contributed by atoms with Gasteiger partial charge < -0.3 is 10.1 Å². The lowest BCUT2D eigenvalue weighted by atomic mass is 9.87. The molecule has 0 saturated carbocycles. The summed E-state index contributed by atoms with van der Waals surface area (Å²) in [6.07, 6.45) is 0. The van der Waals surface area contributed by atoms with Crippen LogP contribution in [-0.4, -0.2) is 18.6 Å². The number of amides is 1. The van der Waals surface area contributed by atoms with Crippen molar-refractivity contribution in [2.75, 3.05) is 6.61 Å². The third kappa shape index (κ3) is 5.70. The number of rotatable bonds is 5. The van der Waals surface area contributed by atoms with Crippen LogP contribution in [0.5, 0.6) is 5.75 Å². The van der Waals surface area contributed by atoms with Gasteiger partial charge in [-0.1, -0.05) is 40.7 Å². The highest BCUT2D eigenvalue weighted by Gasteiger charge is 2.16. The highest BCUT2D eigenvalue weighted by molar-refractivity contribution is 9.10. The fourth-order valence-corrected chi connectivity index (χ4v) is 2.18. The first-order valence-electron chi connectivity index (χ1n) is 7.33. The molecular weight excluding hydrogens is 330 g/mol. The molecule has 4 heteroatoms. The Labute approximate surface area is 136 Å². The fraction of sp³-hybridized carbons (Fsp3) is 0.588. The van der Waals surface area contributed by atoms with Crippen molar-refractivity contribution in [1.29, 1.82) is 0 Å². The Kier molecular flexibility index (Phi) is 6.26. The van der Waals surface area contributed by atoms with Crippen molar-refractivity contribution < 1.29 is 9.53 Å². The topological polar surface area (TPSA) is 38.3 Å². The number of carbonyl (C=O) groups is 1. The molecule has 0 aliphatic heterocycles. The van der Waals surface area contributed by atoms with Gasteiger partial charge >= 0.3 is 0 Å². The highest BCUT2D eigenvalue weighted by atomic mass is 79.9. The van der Waals surface area contributed by atoms with Gasteiger partial charge in [-0.25, -0.2) is 0 Å². The smallest absolute Gasteiger partial charge is 0.258 e. The Bertz CT molecular complexity index is 492. The predicted octanol–water partition coefficient (Wildman–Crippen LogP) is 4.29. The number of ether oxygens (including phenoxy) is 1. The van der Waals surface area contributed by atoms with Gasteiger partial charge in [0.25, 0.3) is 5.91 Å². The molecule has 1 aromatic rings. The van der Waals surface area contributed by atoms with Crippen molar-refractivity contribution in [2.45, 2.75) is 53.0 Å². The first-order valence-corrected chi connectivity index (χ1v) is 8.12. The second-order valence-corrected chi connectivity index (χ2v) is 7.64. The predicted molar refractivity (Wildman–Crippen MR) is 90.8 cm³/mol. The SMILES string of the molecule is CC(C)[C@H](C)NC(=O)COc1ccc(C(C)(C)C)cc1Br. The largest absolute Gasteiger partial charge is 0.483 e. The maximum absolute atomic E-state index is 11.8. The normalized spacial score (nSPS) is 13.1. The molecule has 0 aliphatic rings. The molecule has 3 nitrogen and oxygen atoms in total. The summed E-state index contributed by atoms with van der Waals surface area (Å²) in [6, 6.07) is 6.13. The summed E-state index contributed by atoms with van der Waals surface area (Å²) in [5.41, 5.74) is 1.31. The van der Waals surface area contributed by atoms with Gasteiger partial charge in [0, 0.05) is 6.04 Å². The van der Waals surface area contributed by atoms with Gasteiger partial charge in [0.15, 0.2) is 6.61 Å². The van der Waals surface area contributed by atoms with Gasteiger partial charge in [0.05, 0.1) is 4.47 Å². The zero-order valence-electron chi connectivity index (χ0n) is 13.8. The Hall–Kier alpha value is -1.03. The minimum absolute atomic E-state index is 0.0323. The molecule has 0 heterocycles. The summed E-state index contributed by atoms with van der Waals surface area (Å²) in [7, 11) is 0. The van der Waals surface area contributed by atoms with Crippen LogP contribution in [0.25, 0.3) is 0 Å². The van der Waals surface area contributed by atoms with Gasteiger partial charge in [0.2, 0.25) is 0 Å². The molecule has 1 rings (SSSR count). The third-order valence-corrected chi connectivity index (χ3v) is 4.17. The summed E-state index contributed by atoms with van der Waals surface area (Å²) >= 11 is 3.51. The standard InChI is InChI=1S/C17H26BrNO2/c1-11(2)12(3)19-16(20)10-21-15-8-7-13(9-14(15)18)17(4,5)6/h7-9,11-12H,10H2,1-6H3,(H,19,20)/t12-/m0/s1. The third-order valence-electron chi connectivity index (χ3n) is 3.55. The van der Waals surface area contributed by atoms with Gasteiger partial charge in [0.1, 0.15) is 5.75 Å². The molecule has 0 fully saturated rings. The van der Waals surface area contributed by atoms with Crippen LogP contribution >= 0.6 is 15.9 Å². The summed E-state index contributed by atoms with van der Waals surface area (Å²) in [5.74, 6) is 1.00. The monoisotopic (exact) mass is 355 g/mol. The highest BCUT2D eigenvalue weighted by Crippen LogP contribution is 2.31. The quantitative estimate of drug-likeness (QED) is 0.855. The zero-order valence-corrected chi connectivity index (χ0v) is 15.4. The minimum Gasteiger partial charge on any atom is -0.483 e. The van der Waals surface area contributed by atoms with E-state index in [2.05, 4.69) is 55.9 Å². The molecule has 1 aromatic carbocycles. The Balaban J connectivity index is 2.62. The van der Waals surface area contributed by atoms with E-state index in [1.807, 2.05) is 25.1 Å². The molecule has 1 atom stereocenters. The van der Waals surface area contributed by atoms with E-state index in [-0.39, 0.29) is 24.0 Å². The lowest BCUT2D eigenvalue weighted by molar-refractivity contribution is -0.124. The second kappa shape index (κ2) is 7.30. The van der Waals surface area contributed by atoms with E-state index in [9.17, 15) is 4.79 Å². The van der Waals surface area contributed by atoms with E-state index in [0.29, 0.717) is 11.7 Å². The summed E-state index contributed by atoms with van der Waals surface area (Å²) in [4.78, 5) is 11.8. The molecule has 21 heavy (non-hydrogen) atoms. The lowest BCUT2D eigenvalue weighted by Crippen LogP contribution is -2.38. The van der Waals surface area contributed by atoms with Crippen molar-refractivity contribution in [1.82, 2.24) is 5.32 Å². The van der Waals surface area contributed by atoms with Crippen LogP contribution in [0.2, 0.25) is 0 Å². The number of halogens is 1. The van der Waals surface area contributed by atoms with Crippen LogP contribution in [0.4, 0.5) is 0 Å². The summed E-state index contributed by atoms with van der Waals surface area (Å²) in [6.45, 7) is 12.7. The van der Waals surface area contributed by atoms with Crippen molar-refractivity contribution in [2.24, 2.45) is 5.92 Å². The van der Waals surface area contributed by atoms with Crippen LogP contribution in [0.15, 0.2) is 22.7 Å². The Morgan fingerprint density at radius 1 is 1.29 bits per heavy atom. The molecule has 0 bridgehead atoms. The molecule has 0 saturated heterocycles. The maximum atomic E-state index is 11.8. The van der Waals surface area contributed by atoms with E-state index >= 15 is 0 Å². The molecule has 0 unspecified atom stereocenters. The van der Waals surface area contributed by atoms with Crippen LogP contribution in [0, 0.1) is 5.92 Å². The van der Waals surface area contributed by atoms with Gasteiger partial charge in [-0.2, -0.15) is 0 Å². The van der Waals surface area contributed by atoms with E-state index < -0.39 is 0 Å². The van der Waals surface area contributed by atoms with Crippen molar-refractivity contribution in [3.63, 3.8) is 0 Å². The van der Waals surface area contributed by atoms with Gasteiger partial charge in [-0.3, -0.25) is 4.79 Å². The van der Waals surface area contributed by atoms with Gasteiger partial charge in [-0.15, -0.1) is 0 Å². The number of hydrogen-bond acceptors (Lipinski definition) is 2. The van der Waals surface area contributed by atoms with Gasteiger partial charge in [-0.05, 0) is 51.9 Å². The average molecular weight is 356 g/mol. The summed E-state index contributed by atoms with van der Waals surface area (Å²) in [5, 5.41) is 2.93. The van der Waals surface area contributed by atoms with E-state index in [1.54, 1.807) is 0 Å². The van der Waals surface area contributed by atoms with Crippen LogP contribution in [0.1, 0.15) is 47.1 Å². The molecular formula is C17H26BrNO2. The molecule has 118 valence electrons. The Morgan fingerprint density at radius 3 is 2.38 bits per heavy atom. The number of nitrogens with one attached hydrogen (secondary N) is 1. The van der Waals surface area contributed by atoms with E-state index in [1.165, 1.54) is 5.56 Å². The maximum Gasteiger partial charge on any atom is 0.258 e. The lowest BCUT2D eigenvalue weighted by Gasteiger charge is -2.20. The zero-order chi connectivity index (χ0) is 16.2. The molecule has 0 aromatic heterocycles. The molecule has 0 spiro atoms. The molecule has 0 aliphatic carbocycles. The van der Waals surface area contributed by atoms with Crippen LogP contribution in [-0.2, 0) is 10.2 Å². The van der Waals surface area contributed by atoms with E-state index in [4.69, 9.17) is 4.74 Å². The first-order chi connectivity index (χ1) is 9.61. The average Bonchev–Trinajstić information content (AvgIpc) is 2.35. The molecule has 1 amide bonds.